The SMILES string of the molecule is CN(c1cccc(-c2ccc3c(c2)c2ccccc2n3-c2ccccc2)c1)c1ccccc1-c1ccc(-c2ccc(-c3nc(-c4ccccc4)nc(-c4ccccc4)n3)cc2)cc1. The Hall–Kier alpha value is -8.41. The summed E-state index contributed by atoms with van der Waals surface area (Å²) in [6.45, 7) is 0. The van der Waals surface area contributed by atoms with Crippen LogP contribution < -0.4 is 4.90 Å². The predicted octanol–water partition coefficient (Wildman–Crippen LogP) is 14.7. The van der Waals surface area contributed by atoms with Gasteiger partial charge in [0, 0.05) is 57.1 Å². The Bertz CT molecular complexity index is 3320. The highest BCUT2D eigenvalue weighted by Crippen LogP contribution is 2.39. The molecule has 2 aromatic heterocycles. The molecule has 0 saturated heterocycles. The van der Waals surface area contributed by atoms with E-state index in [2.05, 4.69) is 186 Å². The van der Waals surface area contributed by atoms with Crippen molar-refractivity contribution in [2.75, 3.05) is 11.9 Å². The average molecular weight is 808 g/mol. The molecule has 0 aliphatic carbocycles. The van der Waals surface area contributed by atoms with Crippen molar-refractivity contribution in [3.8, 4) is 73.2 Å². The lowest BCUT2D eigenvalue weighted by molar-refractivity contribution is 1.07. The zero-order valence-corrected chi connectivity index (χ0v) is 34.7. The second-order valence-electron chi connectivity index (χ2n) is 15.7. The van der Waals surface area contributed by atoms with Gasteiger partial charge >= 0.3 is 0 Å². The first-order valence-corrected chi connectivity index (χ1v) is 21.2. The number of anilines is 2. The summed E-state index contributed by atoms with van der Waals surface area (Å²) in [6, 6.07) is 81.1. The van der Waals surface area contributed by atoms with Crippen molar-refractivity contribution in [3.05, 3.63) is 231 Å². The maximum Gasteiger partial charge on any atom is 0.164 e. The van der Waals surface area contributed by atoms with Crippen molar-refractivity contribution in [1.29, 1.82) is 0 Å². The van der Waals surface area contributed by atoms with E-state index in [1.807, 2.05) is 60.7 Å². The molecule has 63 heavy (non-hydrogen) atoms. The van der Waals surface area contributed by atoms with Crippen LogP contribution in [0, 0.1) is 0 Å². The van der Waals surface area contributed by atoms with Crippen LogP contribution in [-0.2, 0) is 0 Å². The zero-order valence-electron chi connectivity index (χ0n) is 34.7. The summed E-state index contributed by atoms with van der Waals surface area (Å²) in [5, 5.41) is 2.49. The molecule has 0 atom stereocenters. The summed E-state index contributed by atoms with van der Waals surface area (Å²) in [6.07, 6.45) is 0. The maximum atomic E-state index is 4.92. The van der Waals surface area contributed by atoms with Crippen LogP contribution in [0.25, 0.3) is 95.0 Å². The Morgan fingerprint density at radius 2 is 0.794 bits per heavy atom. The number of fused-ring (bicyclic) bond motifs is 3. The van der Waals surface area contributed by atoms with Crippen molar-refractivity contribution in [1.82, 2.24) is 19.5 Å². The lowest BCUT2D eigenvalue weighted by Crippen LogP contribution is -2.10. The summed E-state index contributed by atoms with van der Waals surface area (Å²) in [5.41, 5.74) is 15.6. The van der Waals surface area contributed by atoms with E-state index in [0.29, 0.717) is 17.5 Å². The molecule has 0 bridgehead atoms. The van der Waals surface area contributed by atoms with Crippen molar-refractivity contribution < 1.29 is 0 Å². The minimum absolute atomic E-state index is 0.643. The molecule has 0 saturated carbocycles. The molecule has 0 fully saturated rings. The van der Waals surface area contributed by atoms with Gasteiger partial charge in [-0.05, 0) is 76.3 Å². The Labute approximate surface area is 366 Å². The van der Waals surface area contributed by atoms with Gasteiger partial charge in [0.05, 0.1) is 11.0 Å². The van der Waals surface area contributed by atoms with E-state index in [9.17, 15) is 0 Å². The molecule has 298 valence electrons. The van der Waals surface area contributed by atoms with Gasteiger partial charge in [0.15, 0.2) is 17.5 Å². The summed E-state index contributed by atoms with van der Waals surface area (Å²) in [5.74, 6) is 1.95. The van der Waals surface area contributed by atoms with Gasteiger partial charge < -0.3 is 9.47 Å². The van der Waals surface area contributed by atoms with E-state index in [4.69, 9.17) is 15.0 Å². The van der Waals surface area contributed by atoms with Gasteiger partial charge in [0.1, 0.15) is 0 Å². The Morgan fingerprint density at radius 3 is 1.44 bits per heavy atom. The smallest absolute Gasteiger partial charge is 0.164 e. The monoisotopic (exact) mass is 807 g/mol. The van der Waals surface area contributed by atoms with E-state index < -0.39 is 0 Å². The number of hydrogen-bond donors (Lipinski definition) is 0. The van der Waals surface area contributed by atoms with Gasteiger partial charge in [-0.15, -0.1) is 0 Å². The van der Waals surface area contributed by atoms with E-state index in [1.54, 1.807) is 0 Å². The molecule has 0 amide bonds. The number of rotatable bonds is 9. The van der Waals surface area contributed by atoms with Crippen LogP contribution in [0.3, 0.4) is 0 Å². The van der Waals surface area contributed by atoms with Gasteiger partial charge in [0.2, 0.25) is 0 Å². The summed E-state index contributed by atoms with van der Waals surface area (Å²) in [7, 11) is 2.16. The Morgan fingerprint density at radius 1 is 0.333 bits per heavy atom. The minimum Gasteiger partial charge on any atom is -0.344 e. The van der Waals surface area contributed by atoms with Crippen molar-refractivity contribution in [2.24, 2.45) is 0 Å². The van der Waals surface area contributed by atoms with Crippen LogP contribution in [0.15, 0.2) is 231 Å². The van der Waals surface area contributed by atoms with Crippen LogP contribution in [0.5, 0.6) is 0 Å². The molecule has 0 spiro atoms. The molecule has 9 aromatic carbocycles. The van der Waals surface area contributed by atoms with Gasteiger partial charge in [-0.3, -0.25) is 0 Å². The number of hydrogen-bond acceptors (Lipinski definition) is 4. The van der Waals surface area contributed by atoms with Gasteiger partial charge in [-0.2, -0.15) is 0 Å². The van der Waals surface area contributed by atoms with E-state index >= 15 is 0 Å². The van der Waals surface area contributed by atoms with Crippen LogP contribution in [0.4, 0.5) is 11.4 Å². The molecule has 11 rings (SSSR count). The largest absolute Gasteiger partial charge is 0.344 e. The molecule has 11 aromatic rings. The molecular weight excluding hydrogens is 767 g/mol. The fraction of sp³-hybridized carbons (Fsp3) is 0.0172. The third kappa shape index (κ3) is 7.22. The third-order valence-electron chi connectivity index (χ3n) is 11.9. The molecule has 0 aliphatic heterocycles. The first-order valence-electron chi connectivity index (χ1n) is 21.2. The van der Waals surface area contributed by atoms with E-state index in [-0.39, 0.29) is 0 Å². The molecule has 0 unspecified atom stereocenters. The zero-order chi connectivity index (χ0) is 42.1. The van der Waals surface area contributed by atoms with E-state index in [0.717, 1.165) is 50.4 Å². The topological polar surface area (TPSA) is 46.8 Å². The molecule has 0 N–H and O–H groups in total. The van der Waals surface area contributed by atoms with Crippen LogP contribution >= 0.6 is 0 Å². The first-order chi connectivity index (χ1) is 31.1. The van der Waals surface area contributed by atoms with Crippen LogP contribution in [-0.4, -0.2) is 26.6 Å². The highest BCUT2D eigenvalue weighted by molar-refractivity contribution is 6.10. The normalized spacial score (nSPS) is 11.3. The fourth-order valence-corrected chi connectivity index (χ4v) is 8.64. The van der Waals surface area contributed by atoms with Crippen molar-refractivity contribution in [2.45, 2.75) is 0 Å². The Balaban J connectivity index is 0.866. The standard InChI is InChI=1S/C58H41N5/c1-62(49-23-15-20-46(38-49)47-36-37-55-52(39-47)51-25-12-14-27-54(51)63(55)48-21-9-4-10-22-48)53-26-13-11-24-50(53)42-32-28-40(29-33-42)41-30-34-45(35-31-41)58-60-56(43-16-5-2-6-17-43)59-57(61-58)44-18-7-3-8-19-44/h2-39H,1H3. The average Bonchev–Trinajstić information content (AvgIpc) is 3.70. The molecule has 5 heteroatoms. The molecule has 0 aliphatic rings. The lowest BCUT2D eigenvalue weighted by Gasteiger charge is -2.23. The molecule has 5 nitrogen and oxygen atoms in total. The number of nitrogens with zero attached hydrogens (tertiary/aromatic N) is 5. The number of aromatic nitrogens is 4. The van der Waals surface area contributed by atoms with Gasteiger partial charge in [-0.1, -0.05) is 182 Å². The fourth-order valence-electron chi connectivity index (χ4n) is 8.64. The molecule has 0 radical (unpaired) electrons. The predicted molar refractivity (Wildman–Crippen MR) is 261 cm³/mol. The third-order valence-corrected chi connectivity index (χ3v) is 11.9. The van der Waals surface area contributed by atoms with Gasteiger partial charge in [0.25, 0.3) is 0 Å². The highest BCUT2D eigenvalue weighted by Gasteiger charge is 2.16. The first kappa shape index (κ1) is 37.6. The van der Waals surface area contributed by atoms with E-state index in [1.165, 1.54) is 38.5 Å². The van der Waals surface area contributed by atoms with Gasteiger partial charge in [-0.25, -0.2) is 15.0 Å². The second kappa shape index (κ2) is 16.2. The van der Waals surface area contributed by atoms with Crippen LogP contribution in [0.2, 0.25) is 0 Å². The van der Waals surface area contributed by atoms with Crippen molar-refractivity contribution in [3.63, 3.8) is 0 Å². The summed E-state index contributed by atoms with van der Waals surface area (Å²) >= 11 is 0. The number of para-hydroxylation sites is 3. The highest BCUT2D eigenvalue weighted by atomic mass is 15.1. The summed E-state index contributed by atoms with van der Waals surface area (Å²) < 4.78 is 2.36. The molecular formula is C58H41N5. The summed E-state index contributed by atoms with van der Waals surface area (Å²) in [4.78, 5) is 17.0. The minimum atomic E-state index is 0.643. The Kier molecular flexibility index (Phi) is 9.68. The lowest BCUT2D eigenvalue weighted by atomic mass is 9.98. The maximum absolute atomic E-state index is 4.92. The van der Waals surface area contributed by atoms with Crippen molar-refractivity contribution >= 4 is 33.2 Å². The molecule has 2 heterocycles. The second-order valence-corrected chi connectivity index (χ2v) is 15.7. The quantitative estimate of drug-likeness (QED) is 0.146. The number of benzene rings is 9. The van der Waals surface area contributed by atoms with Crippen LogP contribution in [0.1, 0.15) is 0 Å².